The molecule has 0 aliphatic rings. The van der Waals surface area contributed by atoms with E-state index < -0.39 is 28.2 Å². The number of halogens is 1. The van der Waals surface area contributed by atoms with Crippen molar-refractivity contribution in [2.75, 3.05) is 11.9 Å². The van der Waals surface area contributed by atoms with Crippen molar-refractivity contribution in [2.45, 2.75) is 45.8 Å². The SMILES string of the molecule is CC(C)(CNC(=O)OC(C)(C)C)NC(=O)Nc1ccc([N+](=O)[O-])cc1Cl. The van der Waals surface area contributed by atoms with Gasteiger partial charge in [-0.15, -0.1) is 0 Å². The zero-order valence-electron chi connectivity index (χ0n) is 15.3. The van der Waals surface area contributed by atoms with Gasteiger partial charge in [-0.05, 0) is 40.7 Å². The van der Waals surface area contributed by atoms with Gasteiger partial charge in [-0.3, -0.25) is 10.1 Å². The molecule has 0 atom stereocenters. The first-order valence-corrected chi connectivity index (χ1v) is 8.17. The van der Waals surface area contributed by atoms with E-state index >= 15 is 0 Å². The van der Waals surface area contributed by atoms with Gasteiger partial charge in [0, 0.05) is 18.7 Å². The zero-order chi connectivity index (χ0) is 20.1. The van der Waals surface area contributed by atoms with E-state index in [2.05, 4.69) is 16.0 Å². The molecule has 0 heterocycles. The Balaban J connectivity index is 2.60. The third-order valence-electron chi connectivity index (χ3n) is 2.94. The number of carbonyl (C=O) groups is 2. The predicted octanol–water partition coefficient (Wildman–Crippen LogP) is 3.67. The van der Waals surface area contributed by atoms with Crippen molar-refractivity contribution in [1.29, 1.82) is 0 Å². The first kappa shape index (κ1) is 21.5. The summed E-state index contributed by atoms with van der Waals surface area (Å²) in [6.07, 6.45) is -0.591. The highest BCUT2D eigenvalue weighted by atomic mass is 35.5. The highest BCUT2D eigenvalue weighted by Gasteiger charge is 2.24. The molecule has 1 aromatic carbocycles. The van der Waals surface area contributed by atoms with Crippen LogP contribution in [0.3, 0.4) is 0 Å². The molecule has 0 bridgehead atoms. The lowest BCUT2D eigenvalue weighted by Gasteiger charge is -2.28. The molecular formula is C16H23ClN4O5. The van der Waals surface area contributed by atoms with E-state index in [1.54, 1.807) is 34.6 Å². The Morgan fingerprint density at radius 1 is 1.23 bits per heavy atom. The van der Waals surface area contributed by atoms with Gasteiger partial charge in [-0.25, -0.2) is 9.59 Å². The predicted molar refractivity (Wildman–Crippen MR) is 98.6 cm³/mol. The number of urea groups is 1. The number of hydrogen-bond acceptors (Lipinski definition) is 5. The number of non-ortho nitro benzene ring substituents is 1. The van der Waals surface area contributed by atoms with Crippen molar-refractivity contribution in [3.63, 3.8) is 0 Å². The second kappa shape index (κ2) is 8.22. The lowest BCUT2D eigenvalue weighted by atomic mass is 10.1. The molecule has 0 spiro atoms. The Bertz CT molecular complexity index is 700. The van der Waals surface area contributed by atoms with Crippen LogP contribution in [0.15, 0.2) is 18.2 Å². The maximum Gasteiger partial charge on any atom is 0.407 e. The molecule has 0 radical (unpaired) electrons. The smallest absolute Gasteiger partial charge is 0.407 e. The van der Waals surface area contributed by atoms with E-state index in [-0.39, 0.29) is 22.9 Å². The number of amides is 3. The fourth-order valence-electron chi connectivity index (χ4n) is 1.83. The monoisotopic (exact) mass is 386 g/mol. The molecule has 26 heavy (non-hydrogen) atoms. The number of ether oxygens (including phenoxy) is 1. The number of nitrogens with zero attached hydrogens (tertiary/aromatic N) is 1. The molecule has 0 unspecified atom stereocenters. The van der Waals surface area contributed by atoms with Crippen molar-refractivity contribution >= 4 is 35.1 Å². The van der Waals surface area contributed by atoms with Gasteiger partial charge in [0.05, 0.1) is 21.2 Å². The third kappa shape index (κ3) is 7.56. The molecule has 0 saturated heterocycles. The highest BCUT2D eigenvalue weighted by Crippen LogP contribution is 2.26. The number of nitro groups is 1. The number of anilines is 1. The van der Waals surface area contributed by atoms with Gasteiger partial charge >= 0.3 is 12.1 Å². The summed E-state index contributed by atoms with van der Waals surface area (Å²) in [6, 6.07) is 3.14. The van der Waals surface area contributed by atoms with Gasteiger partial charge in [0.1, 0.15) is 5.60 Å². The number of carbonyl (C=O) groups excluding carboxylic acids is 2. The topological polar surface area (TPSA) is 123 Å². The van der Waals surface area contributed by atoms with Crippen LogP contribution in [0.4, 0.5) is 21.0 Å². The molecular weight excluding hydrogens is 364 g/mol. The van der Waals surface area contributed by atoms with E-state index in [4.69, 9.17) is 16.3 Å². The molecule has 3 amide bonds. The molecule has 10 heteroatoms. The van der Waals surface area contributed by atoms with Crippen molar-refractivity contribution < 1.29 is 19.2 Å². The lowest BCUT2D eigenvalue weighted by Crippen LogP contribution is -2.53. The maximum atomic E-state index is 12.1. The number of nitro benzene ring substituents is 1. The summed E-state index contributed by atoms with van der Waals surface area (Å²) in [4.78, 5) is 33.9. The summed E-state index contributed by atoms with van der Waals surface area (Å²) in [7, 11) is 0. The number of rotatable bonds is 5. The standard InChI is InChI=1S/C16H23ClN4O5/c1-15(2,3)26-14(23)18-9-16(4,5)20-13(22)19-12-7-6-10(21(24)25)8-11(12)17/h6-8H,9H2,1-5H3,(H,18,23)(H2,19,20,22). The van der Waals surface area contributed by atoms with Crippen LogP contribution >= 0.6 is 11.6 Å². The second-order valence-corrected chi connectivity index (χ2v) is 7.65. The van der Waals surface area contributed by atoms with Crippen molar-refractivity contribution in [2.24, 2.45) is 0 Å². The minimum Gasteiger partial charge on any atom is -0.444 e. The van der Waals surface area contributed by atoms with Crippen LogP contribution in [0.2, 0.25) is 5.02 Å². The quantitative estimate of drug-likeness (QED) is 0.526. The highest BCUT2D eigenvalue weighted by molar-refractivity contribution is 6.33. The molecule has 9 nitrogen and oxygen atoms in total. The molecule has 3 N–H and O–H groups in total. The number of alkyl carbamates (subject to hydrolysis) is 1. The Labute approximate surface area is 156 Å². The van der Waals surface area contributed by atoms with Gasteiger partial charge in [0.15, 0.2) is 0 Å². The van der Waals surface area contributed by atoms with E-state index in [1.165, 1.54) is 12.1 Å². The molecule has 0 saturated carbocycles. The fourth-order valence-corrected chi connectivity index (χ4v) is 2.05. The van der Waals surface area contributed by atoms with Crippen LogP contribution in [-0.2, 0) is 4.74 Å². The molecule has 1 aromatic rings. The number of hydrogen-bond donors (Lipinski definition) is 3. The van der Waals surface area contributed by atoms with E-state index in [1.807, 2.05) is 0 Å². The normalized spacial score (nSPS) is 11.5. The summed E-state index contributed by atoms with van der Waals surface area (Å²) in [5.74, 6) is 0. The Morgan fingerprint density at radius 3 is 2.35 bits per heavy atom. The Kier molecular flexibility index (Phi) is 6.79. The van der Waals surface area contributed by atoms with Gasteiger partial charge in [-0.1, -0.05) is 11.6 Å². The average Bonchev–Trinajstić information content (AvgIpc) is 2.45. The fraction of sp³-hybridized carbons (Fsp3) is 0.500. The van der Waals surface area contributed by atoms with Crippen LogP contribution in [-0.4, -0.2) is 34.7 Å². The zero-order valence-corrected chi connectivity index (χ0v) is 16.1. The average molecular weight is 387 g/mol. The van der Waals surface area contributed by atoms with Gasteiger partial charge in [0.25, 0.3) is 5.69 Å². The van der Waals surface area contributed by atoms with Crippen molar-refractivity contribution in [1.82, 2.24) is 10.6 Å². The first-order chi connectivity index (χ1) is 11.8. The molecule has 144 valence electrons. The molecule has 0 aliphatic heterocycles. The van der Waals surface area contributed by atoms with Gasteiger partial charge in [-0.2, -0.15) is 0 Å². The summed E-state index contributed by atoms with van der Waals surface area (Å²) in [6.45, 7) is 8.79. The Morgan fingerprint density at radius 2 is 1.85 bits per heavy atom. The van der Waals surface area contributed by atoms with Gasteiger partial charge < -0.3 is 20.7 Å². The largest absolute Gasteiger partial charge is 0.444 e. The number of benzene rings is 1. The van der Waals surface area contributed by atoms with Crippen LogP contribution in [0.1, 0.15) is 34.6 Å². The Hall–Kier alpha value is -2.55. The van der Waals surface area contributed by atoms with Crippen molar-refractivity contribution in [3.05, 3.63) is 33.3 Å². The van der Waals surface area contributed by atoms with Crippen LogP contribution < -0.4 is 16.0 Å². The van der Waals surface area contributed by atoms with Crippen LogP contribution in [0.25, 0.3) is 0 Å². The minimum atomic E-state index is -0.783. The summed E-state index contributed by atoms with van der Waals surface area (Å²) in [5, 5.41) is 18.5. The van der Waals surface area contributed by atoms with Crippen LogP contribution in [0.5, 0.6) is 0 Å². The summed E-state index contributed by atoms with van der Waals surface area (Å²) in [5.41, 5.74) is -1.35. The minimum absolute atomic E-state index is 0.0408. The van der Waals surface area contributed by atoms with Gasteiger partial charge in [0.2, 0.25) is 0 Å². The van der Waals surface area contributed by atoms with E-state index in [0.717, 1.165) is 6.07 Å². The molecule has 0 aromatic heterocycles. The lowest BCUT2D eigenvalue weighted by molar-refractivity contribution is -0.384. The second-order valence-electron chi connectivity index (χ2n) is 7.24. The summed E-state index contributed by atoms with van der Waals surface area (Å²) >= 11 is 5.93. The van der Waals surface area contributed by atoms with E-state index in [0.29, 0.717) is 0 Å². The van der Waals surface area contributed by atoms with E-state index in [9.17, 15) is 19.7 Å². The molecule has 0 fully saturated rings. The third-order valence-corrected chi connectivity index (χ3v) is 3.25. The number of nitrogens with one attached hydrogen (secondary N) is 3. The summed E-state index contributed by atoms with van der Waals surface area (Å²) < 4.78 is 5.13. The first-order valence-electron chi connectivity index (χ1n) is 7.79. The maximum absolute atomic E-state index is 12.1. The molecule has 0 aliphatic carbocycles. The van der Waals surface area contributed by atoms with Crippen LogP contribution in [0, 0.1) is 10.1 Å². The molecule has 1 rings (SSSR count). The van der Waals surface area contributed by atoms with Crippen molar-refractivity contribution in [3.8, 4) is 0 Å².